The molecule has 0 aromatic heterocycles. The van der Waals surface area contributed by atoms with E-state index in [-0.39, 0.29) is 94.5 Å². The SMILES string of the molecule is [Li+].[Li+].[OH-].[OH-].[OH-].[OH-].[OH-].[OH-].[Sn+4]. The second-order valence-corrected chi connectivity index (χ2v) is 0. The van der Waals surface area contributed by atoms with Crippen LogP contribution in [-0.4, -0.2) is 56.8 Å². The molecule has 0 radical (unpaired) electrons. The predicted octanol–water partition coefficient (Wildman–Crippen LogP) is -7.43. The molecule has 0 saturated carbocycles. The fraction of sp³-hybridized carbons (Fsp3) is 0. The van der Waals surface area contributed by atoms with E-state index in [9.17, 15) is 0 Å². The third-order valence-corrected chi connectivity index (χ3v) is 0. The predicted molar refractivity (Wildman–Crippen MR) is 17.4 cm³/mol. The van der Waals surface area contributed by atoms with Crippen molar-refractivity contribution in [2.75, 3.05) is 0 Å². The summed E-state index contributed by atoms with van der Waals surface area (Å²) in [6, 6.07) is 0. The van der Waals surface area contributed by atoms with Crippen LogP contribution in [0.1, 0.15) is 0 Å². The normalized spacial score (nSPS) is 0. The van der Waals surface area contributed by atoms with Crippen molar-refractivity contribution in [1.29, 1.82) is 0 Å². The molecule has 0 spiro atoms. The van der Waals surface area contributed by atoms with Crippen LogP contribution in [0.25, 0.3) is 0 Å². The first-order chi connectivity index (χ1) is 0. The molecular formula is H6Li2O6Sn. The molecule has 0 aromatic rings. The minimum atomic E-state index is 0. The van der Waals surface area contributed by atoms with Crippen LogP contribution in [0.2, 0.25) is 0 Å². The van der Waals surface area contributed by atoms with Gasteiger partial charge in [-0.3, -0.25) is 0 Å². The zero-order valence-electron chi connectivity index (χ0n) is 5.18. The standard InChI is InChI=1S/2Li.6H2O.Sn/h;;6*1H2;/q2*+1;;;;;;;+4/p-6. The molecule has 0 atom stereocenters. The molecule has 0 saturated heterocycles. The van der Waals surface area contributed by atoms with Crippen molar-refractivity contribution in [3.8, 4) is 0 Å². The average Bonchev–Trinajstić information content (AvgIpc) is 0. The molecule has 9 heavy (non-hydrogen) atoms. The molecule has 0 rings (SSSR count). The van der Waals surface area contributed by atoms with E-state index in [4.69, 9.17) is 0 Å². The van der Waals surface area contributed by atoms with Crippen LogP contribution in [0.15, 0.2) is 0 Å². The van der Waals surface area contributed by atoms with Crippen molar-refractivity contribution in [2.24, 2.45) is 0 Å². The summed E-state index contributed by atoms with van der Waals surface area (Å²) in [6.07, 6.45) is 0. The first-order valence-corrected chi connectivity index (χ1v) is 0. The van der Waals surface area contributed by atoms with E-state index in [1.54, 1.807) is 0 Å². The molecule has 0 heterocycles. The summed E-state index contributed by atoms with van der Waals surface area (Å²) in [4.78, 5) is 0. The molecule has 0 fully saturated rings. The minimum Gasteiger partial charge on any atom is -0.870 e. The summed E-state index contributed by atoms with van der Waals surface area (Å²) >= 11 is 0. The first kappa shape index (κ1) is 333. The molecule has 0 aliphatic rings. The van der Waals surface area contributed by atoms with Gasteiger partial charge in [-0.25, -0.2) is 0 Å². The Morgan fingerprint density at radius 2 is 0.333 bits per heavy atom. The van der Waals surface area contributed by atoms with E-state index in [0.29, 0.717) is 0 Å². The molecule has 48 valence electrons. The van der Waals surface area contributed by atoms with Crippen LogP contribution >= 0.6 is 0 Å². The van der Waals surface area contributed by atoms with Gasteiger partial charge in [-0.05, 0) is 0 Å². The van der Waals surface area contributed by atoms with Crippen molar-refractivity contribution in [2.45, 2.75) is 0 Å². The largest absolute Gasteiger partial charge is 4.00 e. The maximum Gasteiger partial charge on any atom is 4.00 e. The van der Waals surface area contributed by atoms with Crippen LogP contribution < -0.4 is 37.7 Å². The van der Waals surface area contributed by atoms with Gasteiger partial charge in [0.1, 0.15) is 0 Å². The molecule has 0 aliphatic carbocycles. The second-order valence-electron chi connectivity index (χ2n) is 0. The van der Waals surface area contributed by atoms with Gasteiger partial charge in [-0.1, -0.05) is 0 Å². The Kier molecular flexibility index (Phi) is 8990. The Morgan fingerprint density at radius 3 is 0.333 bits per heavy atom. The van der Waals surface area contributed by atoms with Gasteiger partial charge < -0.3 is 32.9 Å². The summed E-state index contributed by atoms with van der Waals surface area (Å²) in [6.45, 7) is 0. The van der Waals surface area contributed by atoms with E-state index in [2.05, 4.69) is 0 Å². The van der Waals surface area contributed by atoms with E-state index in [1.165, 1.54) is 0 Å². The van der Waals surface area contributed by atoms with Crippen molar-refractivity contribution in [3.05, 3.63) is 0 Å². The Hall–Kier alpha value is 1.75. The van der Waals surface area contributed by atoms with Crippen molar-refractivity contribution in [1.82, 2.24) is 0 Å². The van der Waals surface area contributed by atoms with Crippen molar-refractivity contribution >= 4 is 23.9 Å². The zero-order valence-corrected chi connectivity index (χ0v) is 8.04. The van der Waals surface area contributed by atoms with Gasteiger partial charge in [0.15, 0.2) is 0 Å². The fourth-order valence-corrected chi connectivity index (χ4v) is 0. The monoisotopic (exact) mass is 236 g/mol. The summed E-state index contributed by atoms with van der Waals surface area (Å²) in [5.74, 6) is 0. The number of rotatable bonds is 0. The topological polar surface area (TPSA) is 180 Å². The molecular weight excluding hydrogens is 229 g/mol. The van der Waals surface area contributed by atoms with Gasteiger partial charge in [0.25, 0.3) is 0 Å². The molecule has 9 heteroatoms. The minimum absolute atomic E-state index is 0. The van der Waals surface area contributed by atoms with Gasteiger partial charge in [0.2, 0.25) is 0 Å². The number of hydrogen-bond donors (Lipinski definition) is 0. The van der Waals surface area contributed by atoms with Gasteiger partial charge in [-0.15, -0.1) is 0 Å². The van der Waals surface area contributed by atoms with E-state index in [1.807, 2.05) is 0 Å². The van der Waals surface area contributed by atoms with E-state index >= 15 is 0 Å². The van der Waals surface area contributed by atoms with Crippen LogP contribution in [-0.2, 0) is 0 Å². The van der Waals surface area contributed by atoms with Crippen LogP contribution in [0, 0.1) is 0 Å². The van der Waals surface area contributed by atoms with Gasteiger partial charge in [-0.2, -0.15) is 0 Å². The Labute approximate surface area is 93.9 Å². The van der Waals surface area contributed by atoms with Crippen LogP contribution in [0.4, 0.5) is 0 Å². The molecule has 6 N–H and O–H groups in total. The molecule has 6 nitrogen and oxygen atoms in total. The fourth-order valence-electron chi connectivity index (χ4n) is 0. The second kappa shape index (κ2) is 243. The third kappa shape index (κ3) is 191. The molecule has 0 amide bonds. The summed E-state index contributed by atoms with van der Waals surface area (Å²) in [5, 5.41) is 0. The smallest absolute Gasteiger partial charge is 0.870 e. The Balaban J connectivity index is 0. The maximum absolute atomic E-state index is 0. The van der Waals surface area contributed by atoms with E-state index < -0.39 is 0 Å². The van der Waals surface area contributed by atoms with Crippen LogP contribution in [0.5, 0.6) is 0 Å². The Morgan fingerprint density at radius 1 is 0.333 bits per heavy atom. The summed E-state index contributed by atoms with van der Waals surface area (Å²) in [5.41, 5.74) is 0. The number of hydrogen-bond acceptors (Lipinski definition) is 6. The zero-order chi connectivity index (χ0) is 0. The van der Waals surface area contributed by atoms with Crippen molar-refractivity contribution < 1.29 is 70.6 Å². The third-order valence-electron chi connectivity index (χ3n) is 0. The maximum atomic E-state index is 0. The average molecular weight is 235 g/mol. The Bertz CT molecular complexity index is 11.0. The van der Waals surface area contributed by atoms with Crippen LogP contribution in [0.3, 0.4) is 0 Å². The summed E-state index contributed by atoms with van der Waals surface area (Å²) < 4.78 is 0. The molecule has 0 aliphatic heterocycles. The quantitative estimate of drug-likeness (QED) is 0.375. The summed E-state index contributed by atoms with van der Waals surface area (Å²) in [7, 11) is 0. The molecule has 0 aromatic carbocycles. The van der Waals surface area contributed by atoms with E-state index in [0.717, 1.165) is 0 Å². The molecule has 0 bridgehead atoms. The molecule has 0 unspecified atom stereocenters. The van der Waals surface area contributed by atoms with Crippen molar-refractivity contribution in [3.63, 3.8) is 0 Å². The first-order valence-electron chi connectivity index (χ1n) is 0. The van der Waals surface area contributed by atoms with Gasteiger partial charge in [0.05, 0.1) is 0 Å². The van der Waals surface area contributed by atoms with Gasteiger partial charge in [0, 0.05) is 0 Å². The van der Waals surface area contributed by atoms with Gasteiger partial charge >= 0.3 is 61.6 Å².